The molecule has 0 aliphatic heterocycles. The second-order valence-corrected chi connectivity index (χ2v) is 13.0. The van der Waals surface area contributed by atoms with E-state index in [1.807, 2.05) is 6.08 Å². The van der Waals surface area contributed by atoms with Gasteiger partial charge in [-0.3, -0.25) is 0 Å². The van der Waals surface area contributed by atoms with E-state index in [0.717, 1.165) is 42.1 Å². The molecule has 4 rings (SSSR count). The van der Waals surface area contributed by atoms with Crippen LogP contribution in [0.1, 0.15) is 111 Å². The molecule has 0 saturated heterocycles. The maximum Gasteiger partial charge on any atom is 0.0644 e. The van der Waals surface area contributed by atoms with E-state index < -0.39 is 0 Å². The Bertz CT molecular complexity index is 597. The average Bonchev–Trinajstić information content (AvgIpc) is 3.11. The summed E-state index contributed by atoms with van der Waals surface area (Å²) in [6.45, 7) is 15.8. The van der Waals surface area contributed by atoms with Gasteiger partial charge in [0.05, 0.1) is 6.61 Å². The van der Waals surface area contributed by atoms with Gasteiger partial charge >= 0.3 is 0 Å². The van der Waals surface area contributed by atoms with Crippen LogP contribution in [-0.4, -0.2) is 13.2 Å². The van der Waals surface area contributed by atoms with Crippen LogP contribution < -0.4 is 0 Å². The minimum absolute atomic E-state index is 0.636. The van der Waals surface area contributed by atoms with E-state index in [2.05, 4.69) is 34.3 Å². The molecule has 0 aromatic heterocycles. The molecule has 9 atom stereocenters. The molecule has 1 heteroatoms. The van der Waals surface area contributed by atoms with Crippen molar-refractivity contribution < 1.29 is 4.74 Å². The van der Waals surface area contributed by atoms with Crippen molar-refractivity contribution in [1.29, 1.82) is 0 Å². The number of hydrogen-bond acceptors (Lipinski definition) is 1. The van der Waals surface area contributed by atoms with Crippen LogP contribution in [0.5, 0.6) is 0 Å². The summed E-state index contributed by atoms with van der Waals surface area (Å²) in [5.74, 6) is 6.75. The Morgan fingerprint density at radius 3 is 2.52 bits per heavy atom. The van der Waals surface area contributed by atoms with E-state index in [-0.39, 0.29) is 0 Å². The summed E-state index contributed by atoms with van der Waals surface area (Å²) in [6, 6.07) is 0. The van der Waals surface area contributed by atoms with Gasteiger partial charge in [0.15, 0.2) is 0 Å². The van der Waals surface area contributed by atoms with Crippen LogP contribution in [0.15, 0.2) is 12.7 Å². The third-order valence-electron chi connectivity index (χ3n) is 11.3. The predicted octanol–water partition coefficient (Wildman–Crippen LogP) is 8.68. The molecule has 0 N–H and O–H groups in total. The fourth-order valence-corrected chi connectivity index (χ4v) is 9.70. The van der Waals surface area contributed by atoms with Gasteiger partial charge in [-0.2, -0.15) is 0 Å². The molecule has 0 radical (unpaired) electrons. The first-order chi connectivity index (χ1) is 14.9. The summed E-state index contributed by atoms with van der Waals surface area (Å²) in [4.78, 5) is 0. The Morgan fingerprint density at radius 1 is 0.903 bits per heavy atom. The van der Waals surface area contributed by atoms with Crippen molar-refractivity contribution in [3.63, 3.8) is 0 Å². The molecule has 4 saturated carbocycles. The molecule has 0 aromatic rings. The van der Waals surface area contributed by atoms with Gasteiger partial charge in [-0.15, -0.1) is 6.58 Å². The molecule has 4 fully saturated rings. The molecule has 0 spiro atoms. The summed E-state index contributed by atoms with van der Waals surface area (Å²) in [7, 11) is 0. The highest BCUT2D eigenvalue weighted by molar-refractivity contribution is 5.09. The van der Waals surface area contributed by atoms with E-state index in [9.17, 15) is 0 Å². The van der Waals surface area contributed by atoms with Crippen molar-refractivity contribution in [1.82, 2.24) is 0 Å². The summed E-state index contributed by atoms with van der Waals surface area (Å²) in [5, 5.41) is 0. The number of ether oxygens (including phenoxy) is 1. The maximum atomic E-state index is 5.67. The van der Waals surface area contributed by atoms with E-state index in [1.54, 1.807) is 32.1 Å². The van der Waals surface area contributed by atoms with Crippen LogP contribution in [0.4, 0.5) is 0 Å². The van der Waals surface area contributed by atoms with Gasteiger partial charge in [-0.05, 0) is 110 Å². The Labute approximate surface area is 194 Å². The predicted molar refractivity (Wildman–Crippen MR) is 133 cm³/mol. The molecular formula is C30H52O. The van der Waals surface area contributed by atoms with Crippen molar-refractivity contribution in [3.8, 4) is 0 Å². The minimum atomic E-state index is 0.636. The van der Waals surface area contributed by atoms with Crippen LogP contribution in [0.3, 0.4) is 0 Å². The van der Waals surface area contributed by atoms with Crippen LogP contribution >= 0.6 is 0 Å². The molecule has 0 aromatic carbocycles. The lowest BCUT2D eigenvalue weighted by Crippen LogP contribution is -2.53. The number of hydrogen-bond donors (Lipinski definition) is 0. The van der Waals surface area contributed by atoms with Crippen molar-refractivity contribution in [2.75, 3.05) is 13.2 Å². The quantitative estimate of drug-likeness (QED) is 0.263. The molecule has 178 valence electrons. The molecule has 4 aliphatic rings. The van der Waals surface area contributed by atoms with Gasteiger partial charge in [-0.1, -0.05) is 59.5 Å². The zero-order chi connectivity index (χ0) is 22.1. The van der Waals surface area contributed by atoms with Crippen molar-refractivity contribution in [3.05, 3.63) is 12.7 Å². The maximum absolute atomic E-state index is 5.67. The lowest BCUT2D eigenvalue weighted by atomic mass is 9.44. The third-order valence-corrected chi connectivity index (χ3v) is 11.3. The average molecular weight is 429 g/mol. The number of fused-ring (bicyclic) bond motifs is 5. The van der Waals surface area contributed by atoms with Crippen molar-refractivity contribution in [2.45, 2.75) is 111 Å². The van der Waals surface area contributed by atoms with Crippen LogP contribution in [0.25, 0.3) is 0 Å². The Balaban J connectivity index is 1.33. The second-order valence-electron chi connectivity index (χ2n) is 13.0. The lowest BCUT2D eigenvalue weighted by Gasteiger charge is -2.61. The van der Waals surface area contributed by atoms with Gasteiger partial charge < -0.3 is 4.74 Å². The number of rotatable bonds is 9. The molecule has 1 nitrogen and oxygen atoms in total. The Kier molecular flexibility index (Phi) is 7.62. The van der Waals surface area contributed by atoms with E-state index in [1.165, 1.54) is 51.4 Å². The summed E-state index contributed by atoms with van der Waals surface area (Å²) in [5.41, 5.74) is 1.33. The molecule has 0 bridgehead atoms. The van der Waals surface area contributed by atoms with Crippen molar-refractivity contribution >= 4 is 0 Å². The smallest absolute Gasteiger partial charge is 0.0644 e. The Morgan fingerprint density at radius 2 is 1.71 bits per heavy atom. The van der Waals surface area contributed by atoms with E-state index in [0.29, 0.717) is 23.4 Å². The second kappa shape index (κ2) is 9.90. The zero-order valence-corrected chi connectivity index (χ0v) is 21.3. The van der Waals surface area contributed by atoms with E-state index >= 15 is 0 Å². The summed E-state index contributed by atoms with van der Waals surface area (Å²) in [6.07, 6.45) is 21.3. The molecular weight excluding hydrogens is 376 g/mol. The normalized spacial score (nSPS) is 44.1. The monoisotopic (exact) mass is 428 g/mol. The van der Waals surface area contributed by atoms with Gasteiger partial charge in [0.2, 0.25) is 0 Å². The Hall–Kier alpha value is -0.300. The molecule has 0 heterocycles. The molecule has 4 aliphatic carbocycles. The highest BCUT2D eigenvalue weighted by Gasteiger charge is 2.59. The molecule has 31 heavy (non-hydrogen) atoms. The highest BCUT2D eigenvalue weighted by Crippen LogP contribution is 2.68. The first kappa shape index (κ1) is 23.8. The first-order valence-corrected chi connectivity index (χ1v) is 14.1. The SMILES string of the molecule is C=CCOCC(C)CCC[C@@H](C)[C@H]1CC[C@H]2[C@@H]3CCC4CCCC[C@]4(C)[C@H]3CC[C@]12C. The molecule has 0 amide bonds. The topological polar surface area (TPSA) is 9.23 Å². The first-order valence-electron chi connectivity index (χ1n) is 14.1. The van der Waals surface area contributed by atoms with E-state index in [4.69, 9.17) is 4.74 Å². The van der Waals surface area contributed by atoms with Gasteiger partial charge in [-0.25, -0.2) is 0 Å². The minimum Gasteiger partial charge on any atom is -0.377 e. The third kappa shape index (κ3) is 4.56. The fourth-order valence-electron chi connectivity index (χ4n) is 9.70. The van der Waals surface area contributed by atoms with Crippen LogP contribution in [0, 0.1) is 52.3 Å². The van der Waals surface area contributed by atoms with Crippen molar-refractivity contribution in [2.24, 2.45) is 52.3 Å². The standard InChI is InChI=1S/C30H52O/c1-6-20-31-21-22(2)10-9-11-23(3)26-15-16-27-25-14-13-24-12-7-8-18-29(24,4)28(25)17-19-30(26,27)5/h6,22-28H,1,7-21H2,2-5H3/t22?,23-,24?,25+,26-,27+,28+,29+,30-/m1/s1. The van der Waals surface area contributed by atoms with Gasteiger partial charge in [0.25, 0.3) is 0 Å². The van der Waals surface area contributed by atoms with Crippen LogP contribution in [-0.2, 0) is 4.74 Å². The summed E-state index contributed by atoms with van der Waals surface area (Å²) < 4.78 is 5.67. The van der Waals surface area contributed by atoms with Gasteiger partial charge in [0, 0.05) is 6.61 Å². The summed E-state index contributed by atoms with van der Waals surface area (Å²) >= 11 is 0. The largest absolute Gasteiger partial charge is 0.377 e. The fraction of sp³-hybridized carbons (Fsp3) is 0.933. The lowest BCUT2D eigenvalue weighted by molar-refractivity contribution is -0.114. The van der Waals surface area contributed by atoms with Crippen LogP contribution in [0.2, 0.25) is 0 Å². The molecule has 2 unspecified atom stereocenters. The van der Waals surface area contributed by atoms with Gasteiger partial charge in [0.1, 0.15) is 0 Å². The highest BCUT2D eigenvalue weighted by atomic mass is 16.5. The zero-order valence-electron chi connectivity index (χ0n) is 21.3.